The molecule has 0 rings (SSSR count). The molecule has 0 aliphatic carbocycles. The van der Waals surface area contributed by atoms with Gasteiger partial charge >= 0.3 is 5.97 Å². The Balaban J connectivity index is 4.03. The Hall–Kier alpha value is -1.15. The number of rotatable bonds is 5. The second-order valence-corrected chi connectivity index (χ2v) is 2.40. The third-order valence-electron chi connectivity index (χ3n) is 1.51. The highest BCUT2D eigenvalue weighted by molar-refractivity contribution is 5.76. The molecule has 0 saturated heterocycles. The van der Waals surface area contributed by atoms with Crippen molar-refractivity contribution in [3.8, 4) is 0 Å². The van der Waals surface area contributed by atoms with Crippen molar-refractivity contribution in [3.63, 3.8) is 0 Å². The van der Waals surface area contributed by atoms with Crippen molar-refractivity contribution in [2.75, 3.05) is 7.11 Å². The molecule has 1 atom stereocenters. The van der Waals surface area contributed by atoms with Gasteiger partial charge in [-0.3, -0.25) is 0 Å². The molecule has 0 heterocycles. The summed E-state index contributed by atoms with van der Waals surface area (Å²) in [4.78, 5) is 24.2. The van der Waals surface area contributed by atoms with Crippen molar-refractivity contribution in [2.45, 2.75) is 32.2 Å². The summed E-state index contributed by atoms with van der Waals surface area (Å²) in [6, 6.07) is -0.660. The summed E-state index contributed by atoms with van der Waals surface area (Å²) in [6.45, 7) is 2.00. The van der Waals surface area contributed by atoms with E-state index in [1.165, 1.54) is 13.2 Å². The van der Waals surface area contributed by atoms with Gasteiger partial charge in [-0.25, -0.2) is 9.59 Å². The van der Waals surface area contributed by atoms with Gasteiger partial charge in [0.1, 0.15) is 0 Å². The van der Waals surface area contributed by atoms with Crippen molar-refractivity contribution in [2.24, 2.45) is 4.99 Å². The average molecular weight is 171 g/mol. The Morgan fingerprint density at radius 1 is 1.67 bits per heavy atom. The Bertz CT molecular complexity index is 185. The van der Waals surface area contributed by atoms with Gasteiger partial charge < -0.3 is 4.74 Å². The van der Waals surface area contributed by atoms with Crippen LogP contribution in [0.1, 0.15) is 26.2 Å². The van der Waals surface area contributed by atoms with E-state index in [-0.39, 0.29) is 0 Å². The number of carbonyl (C=O) groups is 1. The standard InChI is InChI=1S/C8H13NO3/c1-3-4-5-7(9-6-10)8(11)12-2/h7H,3-5H2,1-2H3. The fourth-order valence-electron chi connectivity index (χ4n) is 0.832. The SMILES string of the molecule is CCCCC(N=C=O)C(=O)OC. The van der Waals surface area contributed by atoms with Gasteiger partial charge in [-0.2, -0.15) is 4.99 Å². The first-order chi connectivity index (χ1) is 5.76. The summed E-state index contributed by atoms with van der Waals surface area (Å²) in [5.41, 5.74) is 0. The molecule has 1 unspecified atom stereocenters. The largest absolute Gasteiger partial charge is 0.467 e. The van der Waals surface area contributed by atoms with E-state index in [1.54, 1.807) is 0 Å². The van der Waals surface area contributed by atoms with Crippen molar-refractivity contribution in [1.29, 1.82) is 0 Å². The number of nitrogens with zero attached hydrogens (tertiary/aromatic N) is 1. The third-order valence-corrected chi connectivity index (χ3v) is 1.51. The number of unbranched alkanes of at least 4 members (excludes halogenated alkanes) is 1. The van der Waals surface area contributed by atoms with Crippen LogP contribution in [0.4, 0.5) is 0 Å². The second-order valence-electron chi connectivity index (χ2n) is 2.40. The zero-order valence-electron chi connectivity index (χ0n) is 7.37. The average Bonchev–Trinajstić information content (AvgIpc) is 2.11. The van der Waals surface area contributed by atoms with E-state index in [4.69, 9.17) is 0 Å². The summed E-state index contributed by atoms with van der Waals surface area (Å²) in [5, 5.41) is 0. The van der Waals surface area contributed by atoms with E-state index >= 15 is 0 Å². The lowest BCUT2D eigenvalue weighted by Gasteiger charge is -2.05. The molecule has 4 heteroatoms. The molecular formula is C8H13NO3. The molecule has 0 N–H and O–H groups in total. The molecule has 0 aliphatic heterocycles. The second kappa shape index (κ2) is 6.55. The zero-order valence-corrected chi connectivity index (χ0v) is 7.37. The topological polar surface area (TPSA) is 55.7 Å². The van der Waals surface area contributed by atoms with Crippen LogP contribution in [0.3, 0.4) is 0 Å². The van der Waals surface area contributed by atoms with E-state index in [2.05, 4.69) is 9.73 Å². The van der Waals surface area contributed by atoms with Gasteiger partial charge in [-0.15, -0.1) is 0 Å². The maximum atomic E-state index is 10.9. The summed E-state index contributed by atoms with van der Waals surface area (Å²) in [5.74, 6) is -0.466. The van der Waals surface area contributed by atoms with Crippen LogP contribution >= 0.6 is 0 Å². The van der Waals surface area contributed by atoms with Gasteiger partial charge in [0.15, 0.2) is 6.04 Å². The van der Waals surface area contributed by atoms with Crippen molar-refractivity contribution in [3.05, 3.63) is 0 Å². The molecule has 0 aromatic rings. The Morgan fingerprint density at radius 2 is 2.33 bits per heavy atom. The lowest BCUT2D eigenvalue weighted by molar-refractivity contribution is -0.142. The molecule has 0 spiro atoms. The number of ether oxygens (including phenoxy) is 1. The molecule has 0 aromatic carbocycles. The summed E-state index contributed by atoms with van der Waals surface area (Å²) in [6.07, 6.45) is 3.73. The predicted molar refractivity (Wildman–Crippen MR) is 43.5 cm³/mol. The quantitative estimate of drug-likeness (QED) is 0.353. The van der Waals surface area contributed by atoms with Crippen LogP contribution in [0.5, 0.6) is 0 Å². The highest BCUT2D eigenvalue weighted by Gasteiger charge is 2.16. The van der Waals surface area contributed by atoms with Crippen LogP contribution < -0.4 is 0 Å². The molecule has 0 aromatic heterocycles. The first kappa shape index (κ1) is 10.8. The summed E-state index contributed by atoms with van der Waals surface area (Å²) in [7, 11) is 1.28. The fourth-order valence-corrected chi connectivity index (χ4v) is 0.832. The van der Waals surface area contributed by atoms with Crippen molar-refractivity contribution >= 4 is 12.0 Å². The van der Waals surface area contributed by atoms with Gasteiger partial charge in [0.05, 0.1) is 7.11 Å². The number of aliphatic imine (C=N–C) groups is 1. The zero-order chi connectivity index (χ0) is 9.40. The molecule has 0 aliphatic rings. The van der Waals surface area contributed by atoms with Gasteiger partial charge in [0.25, 0.3) is 0 Å². The van der Waals surface area contributed by atoms with Crippen LogP contribution in [-0.2, 0) is 14.3 Å². The van der Waals surface area contributed by atoms with Crippen LogP contribution in [0.25, 0.3) is 0 Å². The third kappa shape index (κ3) is 3.88. The van der Waals surface area contributed by atoms with Crippen molar-refractivity contribution < 1.29 is 14.3 Å². The number of hydrogen-bond donors (Lipinski definition) is 0. The molecule has 0 bridgehead atoms. The van der Waals surface area contributed by atoms with Gasteiger partial charge in [-0.1, -0.05) is 19.8 Å². The molecule has 4 nitrogen and oxygen atoms in total. The Labute approximate surface area is 71.6 Å². The molecule has 68 valence electrons. The van der Waals surface area contributed by atoms with E-state index in [9.17, 15) is 9.59 Å². The number of methoxy groups -OCH3 is 1. The highest BCUT2D eigenvalue weighted by Crippen LogP contribution is 2.05. The number of carbonyl (C=O) groups excluding carboxylic acids is 2. The minimum Gasteiger partial charge on any atom is -0.467 e. The first-order valence-electron chi connectivity index (χ1n) is 3.91. The number of hydrogen-bond acceptors (Lipinski definition) is 4. The first-order valence-corrected chi connectivity index (χ1v) is 3.91. The maximum absolute atomic E-state index is 10.9. The molecular weight excluding hydrogens is 158 g/mol. The van der Waals surface area contributed by atoms with E-state index in [0.29, 0.717) is 6.42 Å². The van der Waals surface area contributed by atoms with Crippen molar-refractivity contribution in [1.82, 2.24) is 0 Å². The van der Waals surface area contributed by atoms with E-state index in [0.717, 1.165) is 12.8 Å². The van der Waals surface area contributed by atoms with Gasteiger partial charge in [0.2, 0.25) is 6.08 Å². The Kier molecular flexibility index (Phi) is 5.93. The molecule has 0 saturated carbocycles. The Morgan fingerprint density at radius 3 is 2.75 bits per heavy atom. The summed E-state index contributed by atoms with van der Waals surface area (Å²) < 4.78 is 4.45. The van der Waals surface area contributed by atoms with Crippen LogP contribution in [-0.4, -0.2) is 25.2 Å². The van der Waals surface area contributed by atoms with Gasteiger partial charge in [-0.05, 0) is 6.42 Å². The number of esters is 1. The number of isocyanates is 1. The smallest absolute Gasteiger partial charge is 0.331 e. The molecule has 0 fully saturated rings. The monoisotopic (exact) mass is 171 g/mol. The van der Waals surface area contributed by atoms with E-state index < -0.39 is 12.0 Å². The summed E-state index contributed by atoms with van der Waals surface area (Å²) >= 11 is 0. The minimum absolute atomic E-state index is 0.466. The molecule has 0 radical (unpaired) electrons. The minimum atomic E-state index is -0.660. The molecule has 0 amide bonds. The van der Waals surface area contributed by atoms with Gasteiger partial charge in [0, 0.05) is 0 Å². The highest BCUT2D eigenvalue weighted by atomic mass is 16.5. The maximum Gasteiger partial charge on any atom is 0.331 e. The molecule has 12 heavy (non-hydrogen) atoms. The van der Waals surface area contributed by atoms with Crippen LogP contribution in [0, 0.1) is 0 Å². The van der Waals surface area contributed by atoms with Crippen LogP contribution in [0.15, 0.2) is 4.99 Å². The lowest BCUT2D eigenvalue weighted by atomic mass is 10.1. The van der Waals surface area contributed by atoms with E-state index in [1.807, 2.05) is 6.92 Å². The fraction of sp³-hybridized carbons (Fsp3) is 0.750. The normalized spacial score (nSPS) is 11.5. The van der Waals surface area contributed by atoms with Crippen LogP contribution in [0.2, 0.25) is 0 Å². The predicted octanol–water partition coefficient (Wildman–Crippen LogP) is 1.05. The lowest BCUT2D eigenvalue weighted by Crippen LogP contribution is -2.19.